The molecule has 1 unspecified atom stereocenters. The molecule has 1 atom stereocenters. The quantitative estimate of drug-likeness (QED) is 0.800. The van der Waals surface area contributed by atoms with E-state index in [0.717, 1.165) is 55.6 Å². The van der Waals surface area contributed by atoms with Gasteiger partial charge in [-0.15, -0.1) is 10.2 Å². The molecule has 3 heterocycles. The van der Waals surface area contributed by atoms with Crippen LogP contribution in [0.2, 0.25) is 0 Å². The summed E-state index contributed by atoms with van der Waals surface area (Å²) in [7, 11) is 3.28. The number of benzene rings is 1. The molecule has 0 aliphatic carbocycles. The molecule has 2 aromatic rings. The Bertz CT molecular complexity index is 830. The molecule has 2 aliphatic heterocycles. The van der Waals surface area contributed by atoms with E-state index in [1.54, 1.807) is 20.3 Å². The number of rotatable bonds is 6. The average molecular weight is 397 g/mol. The van der Waals surface area contributed by atoms with E-state index in [1.165, 1.54) is 12.8 Å². The van der Waals surface area contributed by atoms with Crippen LogP contribution in [0.5, 0.6) is 11.5 Å². The van der Waals surface area contributed by atoms with E-state index in [4.69, 9.17) is 9.47 Å². The smallest absolute Gasteiger partial charge is 0.272 e. The molecule has 0 bridgehead atoms. The fourth-order valence-corrected chi connectivity index (χ4v) is 3.91. The van der Waals surface area contributed by atoms with Gasteiger partial charge in [0.1, 0.15) is 11.5 Å². The third-order valence-electron chi connectivity index (χ3n) is 5.54. The number of aromatic nitrogens is 2. The van der Waals surface area contributed by atoms with Crippen molar-refractivity contribution in [2.24, 2.45) is 0 Å². The minimum atomic E-state index is -0.180. The molecule has 1 amide bonds. The first kappa shape index (κ1) is 19.3. The lowest BCUT2D eigenvalue weighted by atomic mass is 10.2. The molecule has 1 N–H and O–H groups in total. The van der Waals surface area contributed by atoms with Crippen molar-refractivity contribution in [1.82, 2.24) is 15.5 Å². The molecule has 2 aliphatic rings. The van der Waals surface area contributed by atoms with Crippen molar-refractivity contribution in [2.75, 3.05) is 50.2 Å². The number of methoxy groups -OCH3 is 2. The van der Waals surface area contributed by atoms with Gasteiger partial charge in [-0.1, -0.05) is 0 Å². The second-order valence-electron chi connectivity index (χ2n) is 7.45. The van der Waals surface area contributed by atoms with Crippen molar-refractivity contribution in [3.63, 3.8) is 0 Å². The maximum Gasteiger partial charge on any atom is 0.272 e. The molecule has 8 heteroatoms. The molecule has 2 fully saturated rings. The Morgan fingerprint density at radius 2 is 1.72 bits per heavy atom. The van der Waals surface area contributed by atoms with Gasteiger partial charge in [0.2, 0.25) is 0 Å². The molecule has 2 saturated heterocycles. The summed E-state index contributed by atoms with van der Waals surface area (Å²) in [4.78, 5) is 17.0. The number of carbonyl (C=O) groups excluding carboxylic acids is 1. The SMILES string of the molecule is COc1cc(OC)cc(N2CCC(NC(=O)c3ccc(N4CCCC4)nn3)C2)c1. The van der Waals surface area contributed by atoms with Crippen LogP contribution in [-0.4, -0.2) is 62.5 Å². The second kappa shape index (κ2) is 8.55. The number of amides is 1. The first-order valence-corrected chi connectivity index (χ1v) is 10.0. The number of hydrogen-bond donors (Lipinski definition) is 1. The highest BCUT2D eigenvalue weighted by Gasteiger charge is 2.26. The Kier molecular flexibility index (Phi) is 5.69. The fourth-order valence-electron chi connectivity index (χ4n) is 3.91. The van der Waals surface area contributed by atoms with Gasteiger partial charge in [-0.25, -0.2) is 0 Å². The maximum atomic E-state index is 12.6. The number of nitrogens with zero attached hydrogens (tertiary/aromatic N) is 4. The van der Waals surface area contributed by atoms with Gasteiger partial charge in [-0.2, -0.15) is 0 Å². The van der Waals surface area contributed by atoms with Gasteiger partial charge < -0.3 is 24.6 Å². The van der Waals surface area contributed by atoms with Crippen molar-refractivity contribution in [3.05, 3.63) is 36.0 Å². The summed E-state index contributed by atoms with van der Waals surface area (Å²) in [5.41, 5.74) is 1.38. The number of hydrogen-bond acceptors (Lipinski definition) is 7. The van der Waals surface area contributed by atoms with Crippen molar-refractivity contribution in [1.29, 1.82) is 0 Å². The maximum absolute atomic E-state index is 12.6. The van der Waals surface area contributed by atoms with E-state index in [2.05, 4.69) is 25.3 Å². The highest BCUT2D eigenvalue weighted by atomic mass is 16.5. The van der Waals surface area contributed by atoms with Gasteiger partial charge in [0.05, 0.1) is 14.2 Å². The van der Waals surface area contributed by atoms with Crippen molar-refractivity contribution >= 4 is 17.4 Å². The van der Waals surface area contributed by atoms with Gasteiger partial charge in [-0.3, -0.25) is 4.79 Å². The summed E-state index contributed by atoms with van der Waals surface area (Å²) in [5, 5.41) is 11.5. The van der Waals surface area contributed by atoms with Gasteiger partial charge in [-0.05, 0) is 31.4 Å². The van der Waals surface area contributed by atoms with Crippen molar-refractivity contribution in [3.8, 4) is 11.5 Å². The molecule has 4 rings (SSSR count). The van der Waals surface area contributed by atoms with Gasteiger partial charge >= 0.3 is 0 Å². The van der Waals surface area contributed by atoms with E-state index in [0.29, 0.717) is 5.69 Å². The molecule has 1 aromatic heterocycles. The van der Waals surface area contributed by atoms with Crippen LogP contribution in [0.1, 0.15) is 29.8 Å². The van der Waals surface area contributed by atoms with Crippen LogP contribution in [-0.2, 0) is 0 Å². The largest absolute Gasteiger partial charge is 0.497 e. The highest BCUT2D eigenvalue weighted by molar-refractivity contribution is 5.92. The van der Waals surface area contributed by atoms with Gasteiger partial charge in [0, 0.05) is 56.1 Å². The first-order chi connectivity index (χ1) is 14.2. The topological polar surface area (TPSA) is 79.8 Å². The molecule has 8 nitrogen and oxygen atoms in total. The summed E-state index contributed by atoms with van der Waals surface area (Å²) in [6.07, 6.45) is 3.23. The average Bonchev–Trinajstić information content (AvgIpc) is 3.46. The van der Waals surface area contributed by atoms with Crippen LogP contribution >= 0.6 is 0 Å². The molecule has 29 heavy (non-hydrogen) atoms. The summed E-state index contributed by atoms with van der Waals surface area (Å²) in [6.45, 7) is 3.59. The van der Waals surface area contributed by atoms with Crippen LogP contribution in [0.3, 0.4) is 0 Å². The van der Waals surface area contributed by atoms with E-state index < -0.39 is 0 Å². The van der Waals surface area contributed by atoms with Crippen LogP contribution in [0.4, 0.5) is 11.5 Å². The third-order valence-corrected chi connectivity index (χ3v) is 5.54. The fraction of sp³-hybridized carbons (Fsp3) is 0.476. The zero-order valence-electron chi connectivity index (χ0n) is 16.9. The van der Waals surface area contributed by atoms with E-state index >= 15 is 0 Å². The lowest BCUT2D eigenvalue weighted by molar-refractivity contribution is 0.0934. The van der Waals surface area contributed by atoms with Gasteiger partial charge in [0.25, 0.3) is 5.91 Å². The van der Waals surface area contributed by atoms with Crippen molar-refractivity contribution in [2.45, 2.75) is 25.3 Å². The predicted molar refractivity (Wildman–Crippen MR) is 111 cm³/mol. The Hall–Kier alpha value is -3.03. The summed E-state index contributed by atoms with van der Waals surface area (Å²) >= 11 is 0. The lowest BCUT2D eigenvalue weighted by Crippen LogP contribution is -2.37. The Morgan fingerprint density at radius 1 is 1.00 bits per heavy atom. The predicted octanol–water partition coefficient (Wildman–Crippen LogP) is 2.10. The standard InChI is InChI=1S/C21H27N5O3/c1-28-17-11-16(12-18(13-17)29-2)26-10-7-15(14-26)22-21(27)19-5-6-20(24-23-19)25-8-3-4-9-25/h5-6,11-13,15H,3-4,7-10,14H2,1-2H3,(H,22,27). The third kappa shape index (κ3) is 4.36. The first-order valence-electron chi connectivity index (χ1n) is 10.0. The minimum Gasteiger partial charge on any atom is -0.497 e. The number of ether oxygens (including phenoxy) is 2. The zero-order valence-corrected chi connectivity index (χ0v) is 16.9. The second-order valence-corrected chi connectivity index (χ2v) is 7.45. The minimum absolute atomic E-state index is 0.0553. The summed E-state index contributed by atoms with van der Waals surface area (Å²) in [6, 6.07) is 9.51. The van der Waals surface area contributed by atoms with Crippen LogP contribution in [0.15, 0.2) is 30.3 Å². The number of carbonyl (C=O) groups is 1. The van der Waals surface area contributed by atoms with E-state index in [1.807, 2.05) is 24.3 Å². The van der Waals surface area contributed by atoms with Gasteiger partial charge in [0.15, 0.2) is 11.5 Å². The Labute approximate surface area is 170 Å². The molecule has 1 aromatic carbocycles. The number of nitrogens with one attached hydrogen (secondary N) is 1. The van der Waals surface area contributed by atoms with Crippen molar-refractivity contribution < 1.29 is 14.3 Å². The van der Waals surface area contributed by atoms with E-state index in [9.17, 15) is 4.79 Å². The molecule has 0 spiro atoms. The molecule has 0 saturated carbocycles. The van der Waals surface area contributed by atoms with Crippen LogP contribution < -0.4 is 24.6 Å². The summed E-state index contributed by atoms with van der Waals surface area (Å²) < 4.78 is 10.7. The molecule has 154 valence electrons. The number of anilines is 2. The Morgan fingerprint density at radius 3 is 2.34 bits per heavy atom. The zero-order chi connectivity index (χ0) is 20.2. The highest BCUT2D eigenvalue weighted by Crippen LogP contribution is 2.30. The lowest BCUT2D eigenvalue weighted by Gasteiger charge is -2.20. The summed E-state index contributed by atoms with van der Waals surface area (Å²) in [5.74, 6) is 2.17. The van der Waals surface area contributed by atoms with Crippen LogP contribution in [0, 0.1) is 0 Å². The van der Waals surface area contributed by atoms with Crippen LogP contribution in [0.25, 0.3) is 0 Å². The molecular formula is C21H27N5O3. The monoisotopic (exact) mass is 397 g/mol. The Balaban J connectivity index is 1.36. The normalized spacial score (nSPS) is 18.8. The molecular weight excluding hydrogens is 370 g/mol. The molecule has 0 radical (unpaired) electrons. The van der Waals surface area contributed by atoms with E-state index in [-0.39, 0.29) is 11.9 Å².